The van der Waals surface area contributed by atoms with Crippen LogP contribution >= 0.6 is 0 Å². The number of anilines is 2. The monoisotopic (exact) mass is 280 g/mol. The van der Waals surface area contributed by atoms with Crippen molar-refractivity contribution in [1.82, 2.24) is 9.97 Å². The molecule has 0 aromatic carbocycles. The van der Waals surface area contributed by atoms with Crippen molar-refractivity contribution < 1.29 is 4.74 Å². The summed E-state index contributed by atoms with van der Waals surface area (Å²) < 4.78 is 5.55. The molecule has 0 aliphatic carbocycles. The van der Waals surface area contributed by atoms with Crippen molar-refractivity contribution in [3.63, 3.8) is 0 Å². The van der Waals surface area contributed by atoms with Crippen LogP contribution in [0.2, 0.25) is 0 Å². The van der Waals surface area contributed by atoms with Gasteiger partial charge in [-0.3, -0.25) is 0 Å². The summed E-state index contributed by atoms with van der Waals surface area (Å²) in [5.41, 5.74) is 6.85. The predicted octanol–water partition coefficient (Wildman–Crippen LogP) is 2.79. The van der Waals surface area contributed by atoms with E-state index in [0.29, 0.717) is 11.7 Å². The van der Waals surface area contributed by atoms with E-state index < -0.39 is 0 Å². The Hall–Kier alpha value is -1.36. The van der Waals surface area contributed by atoms with Crippen LogP contribution in [0, 0.1) is 12.8 Å². The zero-order valence-electron chi connectivity index (χ0n) is 13.2. The van der Waals surface area contributed by atoms with Gasteiger partial charge in [0.05, 0.1) is 0 Å². The van der Waals surface area contributed by atoms with Crippen molar-refractivity contribution in [3.8, 4) is 0 Å². The van der Waals surface area contributed by atoms with E-state index in [1.807, 2.05) is 6.92 Å². The van der Waals surface area contributed by atoms with Crippen LogP contribution in [0.5, 0.6) is 0 Å². The van der Waals surface area contributed by atoms with Crippen molar-refractivity contribution in [1.29, 1.82) is 0 Å². The summed E-state index contributed by atoms with van der Waals surface area (Å²) in [6, 6.07) is 0. The van der Waals surface area contributed by atoms with Gasteiger partial charge < -0.3 is 15.8 Å². The van der Waals surface area contributed by atoms with Crippen LogP contribution in [-0.4, -0.2) is 29.7 Å². The highest BCUT2D eigenvalue weighted by Crippen LogP contribution is 2.17. The molecule has 0 aliphatic heterocycles. The Morgan fingerprint density at radius 2 is 2.05 bits per heavy atom. The van der Waals surface area contributed by atoms with Gasteiger partial charge in [0.15, 0.2) is 0 Å². The first-order chi connectivity index (χ1) is 9.54. The fourth-order valence-corrected chi connectivity index (χ4v) is 1.79. The third-order valence-electron chi connectivity index (χ3n) is 2.91. The summed E-state index contributed by atoms with van der Waals surface area (Å²) in [7, 11) is 0. The van der Waals surface area contributed by atoms with Gasteiger partial charge in [0.2, 0.25) is 0 Å². The lowest BCUT2D eigenvalue weighted by Crippen LogP contribution is -2.12. The Kier molecular flexibility index (Phi) is 7.30. The number of aromatic nitrogens is 2. The molecule has 1 aromatic rings. The molecular weight excluding hydrogens is 252 g/mol. The lowest BCUT2D eigenvalue weighted by molar-refractivity contribution is 0.110. The molecule has 1 rings (SSSR count). The second-order valence-corrected chi connectivity index (χ2v) is 5.50. The molecule has 114 valence electrons. The first kappa shape index (κ1) is 16.7. The van der Waals surface area contributed by atoms with E-state index >= 15 is 0 Å². The number of rotatable bonds is 9. The summed E-state index contributed by atoms with van der Waals surface area (Å²) in [4.78, 5) is 8.83. The molecule has 0 saturated heterocycles. The fraction of sp³-hybridized carbons (Fsp3) is 0.733. The highest BCUT2D eigenvalue weighted by molar-refractivity contribution is 5.54. The van der Waals surface area contributed by atoms with Crippen LogP contribution in [0.3, 0.4) is 0 Å². The highest BCUT2D eigenvalue weighted by Gasteiger charge is 2.07. The molecule has 0 radical (unpaired) electrons. The Morgan fingerprint density at radius 3 is 2.70 bits per heavy atom. The highest BCUT2D eigenvalue weighted by atomic mass is 16.5. The maximum absolute atomic E-state index is 5.92. The van der Waals surface area contributed by atoms with Crippen LogP contribution in [0.15, 0.2) is 0 Å². The van der Waals surface area contributed by atoms with Crippen LogP contribution in [0.25, 0.3) is 0 Å². The number of ether oxygens (including phenoxy) is 1. The van der Waals surface area contributed by atoms with Crippen molar-refractivity contribution in [3.05, 3.63) is 11.4 Å². The van der Waals surface area contributed by atoms with Gasteiger partial charge in [-0.15, -0.1) is 0 Å². The van der Waals surface area contributed by atoms with E-state index in [1.54, 1.807) is 0 Å². The minimum Gasteiger partial charge on any atom is -0.383 e. The summed E-state index contributed by atoms with van der Waals surface area (Å²) >= 11 is 0. The maximum atomic E-state index is 5.92. The fourth-order valence-electron chi connectivity index (χ4n) is 1.79. The molecule has 0 fully saturated rings. The molecule has 0 saturated carbocycles. The summed E-state index contributed by atoms with van der Waals surface area (Å²) in [6.07, 6.45) is 2.83. The van der Waals surface area contributed by atoms with Gasteiger partial charge in [-0.05, 0) is 25.7 Å². The van der Waals surface area contributed by atoms with E-state index in [4.69, 9.17) is 10.5 Å². The average molecular weight is 280 g/mol. The number of aryl methyl sites for hydroxylation is 1. The zero-order chi connectivity index (χ0) is 15.0. The van der Waals surface area contributed by atoms with E-state index in [0.717, 1.165) is 56.2 Å². The topological polar surface area (TPSA) is 73.1 Å². The van der Waals surface area contributed by atoms with E-state index in [-0.39, 0.29) is 0 Å². The predicted molar refractivity (Wildman–Crippen MR) is 83.9 cm³/mol. The smallest absolute Gasteiger partial charge is 0.134 e. The standard InChI is InChI=1S/C15H28N4O/c1-5-7-13-18-14(16)12(4)15(19-13)17-8-6-9-20-10-11(2)3/h11H,5-10H2,1-4H3,(H3,16,17,18,19). The molecule has 0 unspecified atom stereocenters. The molecule has 20 heavy (non-hydrogen) atoms. The normalized spacial score (nSPS) is 11.1. The number of hydrogen-bond acceptors (Lipinski definition) is 5. The van der Waals surface area contributed by atoms with Gasteiger partial charge >= 0.3 is 0 Å². The van der Waals surface area contributed by atoms with Crippen LogP contribution < -0.4 is 11.1 Å². The molecular formula is C15H28N4O. The average Bonchev–Trinajstić information content (AvgIpc) is 2.39. The van der Waals surface area contributed by atoms with Gasteiger partial charge in [0.25, 0.3) is 0 Å². The van der Waals surface area contributed by atoms with E-state index in [1.165, 1.54) is 0 Å². The third-order valence-corrected chi connectivity index (χ3v) is 2.91. The minimum absolute atomic E-state index is 0.571. The molecule has 5 nitrogen and oxygen atoms in total. The molecule has 0 bridgehead atoms. The first-order valence-electron chi connectivity index (χ1n) is 7.49. The van der Waals surface area contributed by atoms with Crippen molar-refractivity contribution in [2.45, 2.75) is 47.0 Å². The van der Waals surface area contributed by atoms with Crippen LogP contribution in [0.1, 0.15) is 45.0 Å². The Labute approximate surface area is 122 Å². The molecule has 0 amide bonds. The summed E-state index contributed by atoms with van der Waals surface area (Å²) in [5.74, 6) is 2.82. The number of nitrogens with zero attached hydrogens (tertiary/aromatic N) is 2. The second kappa shape index (κ2) is 8.74. The number of nitrogens with two attached hydrogens (primary N) is 1. The number of nitrogens with one attached hydrogen (secondary N) is 1. The van der Waals surface area contributed by atoms with Crippen LogP contribution in [0.4, 0.5) is 11.6 Å². The van der Waals surface area contributed by atoms with Gasteiger partial charge in [0.1, 0.15) is 17.5 Å². The van der Waals surface area contributed by atoms with E-state index in [9.17, 15) is 0 Å². The van der Waals surface area contributed by atoms with Gasteiger partial charge in [0, 0.05) is 31.7 Å². The van der Waals surface area contributed by atoms with E-state index in [2.05, 4.69) is 36.1 Å². The van der Waals surface area contributed by atoms with Crippen molar-refractivity contribution in [2.24, 2.45) is 5.92 Å². The molecule has 3 N–H and O–H groups in total. The van der Waals surface area contributed by atoms with Gasteiger partial charge in [-0.25, -0.2) is 9.97 Å². The molecule has 1 heterocycles. The second-order valence-electron chi connectivity index (χ2n) is 5.50. The lowest BCUT2D eigenvalue weighted by Gasteiger charge is -2.12. The molecule has 0 atom stereocenters. The third kappa shape index (κ3) is 5.74. The van der Waals surface area contributed by atoms with Crippen LogP contribution in [-0.2, 0) is 11.2 Å². The lowest BCUT2D eigenvalue weighted by atomic mass is 10.2. The minimum atomic E-state index is 0.571. The summed E-state index contributed by atoms with van der Waals surface area (Å²) in [6.45, 7) is 10.8. The van der Waals surface area contributed by atoms with Crippen molar-refractivity contribution >= 4 is 11.6 Å². The maximum Gasteiger partial charge on any atom is 0.134 e. The molecule has 5 heteroatoms. The van der Waals surface area contributed by atoms with Gasteiger partial charge in [-0.2, -0.15) is 0 Å². The first-order valence-corrected chi connectivity index (χ1v) is 7.49. The molecule has 0 spiro atoms. The number of nitrogen functional groups attached to an aromatic ring is 1. The summed E-state index contributed by atoms with van der Waals surface area (Å²) in [5, 5.41) is 3.33. The number of hydrogen-bond donors (Lipinski definition) is 2. The Bertz CT molecular complexity index is 407. The Balaban J connectivity index is 2.42. The molecule has 0 aliphatic rings. The largest absolute Gasteiger partial charge is 0.383 e. The van der Waals surface area contributed by atoms with Crippen molar-refractivity contribution in [2.75, 3.05) is 30.8 Å². The van der Waals surface area contributed by atoms with Gasteiger partial charge in [-0.1, -0.05) is 20.8 Å². The Morgan fingerprint density at radius 1 is 1.30 bits per heavy atom. The molecule has 1 aromatic heterocycles. The SMILES string of the molecule is CCCc1nc(N)c(C)c(NCCCOCC(C)C)n1. The quantitative estimate of drug-likeness (QED) is 0.680. The zero-order valence-corrected chi connectivity index (χ0v) is 13.2.